The Labute approximate surface area is 168 Å². The van der Waals surface area contributed by atoms with Gasteiger partial charge in [-0.2, -0.15) is 0 Å². The van der Waals surface area contributed by atoms with Gasteiger partial charge in [-0.1, -0.05) is 29.8 Å². The molecule has 7 heteroatoms. The number of benzene rings is 2. The maximum Gasteiger partial charge on any atom is 0.271 e. The van der Waals surface area contributed by atoms with Crippen molar-refractivity contribution >= 4 is 29.0 Å². The van der Waals surface area contributed by atoms with Crippen LogP contribution < -0.4 is 15.4 Å². The number of halogens is 1. The van der Waals surface area contributed by atoms with Crippen LogP contribution in [0.5, 0.6) is 5.75 Å². The Morgan fingerprint density at radius 2 is 1.96 bits per heavy atom. The second-order valence-electron chi connectivity index (χ2n) is 6.25. The SMILES string of the molecule is COc1cccc(CCNC(=O)c2ccc(Nc3ccc(C)c(Cl)c3)nn2)c1. The summed E-state index contributed by atoms with van der Waals surface area (Å²) in [7, 11) is 1.63. The molecule has 0 unspecified atom stereocenters. The van der Waals surface area contributed by atoms with E-state index in [1.54, 1.807) is 19.2 Å². The molecule has 1 aromatic heterocycles. The average Bonchev–Trinajstić information content (AvgIpc) is 2.71. The van der Waals surface area contributed by atoms with E-state index in [9.17, 15) is 4.79 Å². The van der Waals surface area contributed by atoms with Crippen LogP contribution in [0.3, 0.4) is 0 Å². The highest BCUT2D eigenvalue weighted by Crippen LogP contribution is 2.22. The highest BCUT2D eigenvalue weighted by atomic mass is 35.5. The van der Waals surface area contributed by atoms with Crippen LogP contribution in [0, 0.1) is 6.92 Å². The molecular formula is C21H21ClN4O2. The fraction of sp³-hybridized carbons (Fsp3) is 0.190. The monoisotopic (exact) mass is 396 g/mol. The first-order chi connectivity index (χ1) is 13.5. The van der Waals surface area contributed by atoms with Gasteiger partial charge in [-0.05, 0) is 60.9 Å². The number of anilines is 2. The summed E-state index contributed by atoms with van der Waals surface area (Å²) in [5.74, 6) is 1.07. The summed E-state index contributed by atoms with van der Waals surface area (Å²) in [4.78, 5) is 12.2. The minimum Gasteiger partial charge on any atom is -0.497 e. The summed E-state index contributed by atoms with van der Waals surface area (Å²) in [5.41, 5.74) is 3.15. The lowest BCUT2D eigenvalue weighted by Gasteiger charge is -2.08. The second-order valence-corrected chi connectivity index (χ2v) is 6.66. The number of hydrogen-bond donors (Lipinski definition) is 2. The van der Waals surface area contributed by atoms with Crippen molar-refractivity contribution in [3.8, 4) is 5.75 Å². The zero-order chi connectivity index (χ0) is 19.9. The van der Waals surface area contributed by atoms with Gasteiger partial charge in [-0.3, -0.25) is 4.79 Å². The summed E-state index contributed by atoms with van der Waals surface area (Å²) in [6.07, 6.45) is 0.699. The molecule has 3 aromatic rings. The molecular weight excluding hydrogens is 376 g/mol. The molecule has 0 spiro atoms. The van der Waals surface area contributed by atoms with E-state index in [1.165, 1.54) is 0 Å². The molecule has 28 heavy (non-hydrogen) atoms. The van der Waals surface area contributed by atoms with Crippen molar-refractivity contribution in [2.75, 3.05) is 19.0 Å². The predicted octanol–water partition coefficient (Wildman–Crippen LogP) is 4.16. The first kappa shape index (κ1) is 19.6. The first-order valence-electron chi connectivity index (χ1n) is 8.83. The summed E-state index contributed by atoms with van der Waals surface area (Å²) in [6, 6.07) is 16.7. The fourth-order valence-electron chi connectivity index (χ4n) is 2.58. The van der Waals surface area contributed by atoms with E-state index in [0.717, 1.165) is 22.6 Å². The maximum atomic E-state index is 12.2. The van der Waals surface area contributed by atoms with Crippen LogP contribution in [0.4, 0.5) is 11.5 Å². The molecule has 0 radical (unpaired) electrons. The quantitative estimate of drug-likeness (QED) is 0.627. The highest BCUT2D eigenvalue weighted by Gasteiger charge is 2.08. The van der Waals surface area contributed by atoms with Crippen LogP contribution in [0.2, 0.25) is 5.02 Å². The van der Waals surface area contributed by atoms with Gasteiger partial charge in [0.25, 0.3) is 5.91 Å². The molecule has 1 amide bonds. The number of methoxy groups -OCH3 is 1. The molecule has 0 fully saturated rings. The number of rotatable bonds is 7. The molecule has 0 saturated heterocycles. The Morgan fingerprint density at radius 3 is 2.68 bits per heavy atom. The van der Waals surface area contributed by atoms with Crippen molar-refractivity contribution in [3.63, 3.8) is 0 Å². The van der Waals surface area contributed by atoms with Crippen molar-refractivity contribution < 1.29 is 9.53 Å². The van der Waals surface area contributed by atoms with E-state index in [0.29, 0.717) is 23.8 Å². The summed E-state index contributed by atoms with van der Waals surface area (Å²) in [6.45, 7) is 2.43. The molecule has 0 atom stereocenters. The van der Waals surface area contributed by atoms with Gasteiger partial charge in [0.2, 0.25) is 0 Å². The van der Waals surface area contributed by atoms with Crippen LogP contribution in [-0.2, 0) is 6.42 Å². The van der Waals surface area contributed by atoms with E-state index in [4.69, 9.17) is 16.3 Å². The van der Waals surface area contributed by atoms with E-state index < -0.39 is 0 Å². The third-order valence-electron chi connectivity index (χ3n) is 4.17. The molecule has 0 aliphatic rings. The number of nitrogens with one attached hydrogen (secondary N) is 2. The van der Waals surface area contributed by atoms with Gasteiger partial charge < -0.3 is 15.4 Å². The zero-order valence-corrected chi connectivity index (χ0v) is 16.5. The number of carbonyl (C=O) groups is 1. The molecule has 2 N–H and O–H groups in total. The van der Waals surface area contributed by atoms with Gasteiger partial charge in [0.1, 0.15) is 5.75 Å². The van der Waals surface area contributed by atoms with Crippen molar-refractivity contribution in [1.82, 2.24) is 15.5 Å². The van der Waals surface area contributed by atoms with Crippen molar-refractivity contribution in [2.24, 2.45) is 0 Å². The largest absolute Gasteiger partial charge is 0.497 e. The Bertz CT molecular complexity index is 961. The minimum absolute atomic E-state index is 0.262. The fourth-order valence-corrected chi connectivity index (χ4v) is 2.76. The number of hydrogen-bond acceptors (Lipinski definition) is 5. The maximum absolute atomic E-state index is 12.2. The molecule has 6 nitrogen and oxygen atoms in total. The molecule has 1 heterocycles. The molecule has 3 rings (SSSR count). The van der Waals surface area contributed by atoms with Crippen LogP contribution in [-0.4, -0.2) is 29.8 Å². The number of ether oxygens (including phenoxy) is 1. The second kappa shape index (κ2) is 9.19. The van der Waals surface area contributed by atoms with Crippen molar-refractivity contribution in [3.05, 3.63) is 76.4 Å². The van der Waals surface area contributed by atoms with Gasteiger partial charge in [0.05, 0.1) is 7.11 Å². The lowest BCUT2D eigenvalue weighted by Crippen LogP contribution is -2.26. The van der Waals surface area contributed by atoms with Crippen LogP contribution in [0.15, 0.2) is 54.6 Å². The molecule has 2 aromatic carbocycles. The Kier molecular flexibility index (Phi) is 6.45. The number of aryl methyl sites for hydroxylation is 1. The summed E-state index contributed by atoms with van der Waals surface area (Å²) >= 11 is 6.12. The molecule has 0 saturated carbocycles. The van der Waals surface area contributed by atoms with Crippen molar-refractivity contribution in [2.45, 2.75) is 13.3 Å². The first-order valence-corrected chi connectivity index (χ1v) is 9.21. The Balaban J connectivity index is 1.53. The lowest BCUT2D eigenvalue weighted by molar-refractivity contribution is 0.0948. The molecule has 0 aliphatic carbocycles. The number of nitrogens with zero attached hydrogens (tertiary/aromatic N) is 2. The van der Waals surface area contributed by atoms with Crippen LogP contribution in [0.25, 0.3) is 0 Å². The standard InChI is InChI=1S/C21H21ClN4O2/c1-14-6-7-16(13-18(14)22)24-20-9-8-19(25-26-20)21(27)23-11-10-15-4-3-5-17(12-15)28-2/h3-9,12-13H,10-11H2,1-2H3,(H,23,27)(H,24,26). The molecule has 144 valence electrons. The predicted molar refractivity (Wildman–Crippen MR) is 111 cm³/mol. The summed E-state index contributed by atoms with van der Waals surface area (Å²) < 4.78 is 5.20. The van der Waals surface area contributed by atoms with Crippen LogP contribution in [0.1, 0.15) is 21.6 Å². The highest BCUT2D eigenvalue weighted by molar-refractivity contribution is 6.31. The number of aromatic nitrogens is 2. The van der Waals surface area contributed by atoms with Gasteiger partial charge in [-0.25, -0.2) is 0 Å². The zero-order valence-electron chi connectivity index (χ0n) is 15.7. The minimum atomic E-state index is -0.264. The van der Waals surface area contributed by atoms with E-state index in [-0.39, 0.29) is 11.6 Å². The third-order valence-corrected chi connectivity index (χ3v) is 4.58. The summed E-state index contributed by atoms with van der Waals surface area (Å²) in [5, 5.41) is 14.7. The van der Waals surface area contributed by atoms with Gasteiger partial charge in [-0.15, -0.1) is 10.2 Å². The number of amides is 1. The van der Waals surface area contributed by atoms with E-state index in [2.05, 4.69) is 20.8 Å². The van der Waals surface area contributed by atoms with E-state index in [1.807, 2.05) is 49.4 Å². The molecule has 0 bridgehead atoms. The van der Waals surface area contributed by atoms with Gasteiger partial charge in [0, 0.05) is 17.3 Å². The van der Waals surface area contributed by atoms with E-state index >= 15 is 0 Å². The average molecular weight is 397 g/mol. The topological polar surface area (TPSA) is 76.1 Å². The smallest absolute Gasteiger partial charge is 0.271 e. The third kappa shape index (κ3) is 5.20. The lowest BCUT2D eigenvalue weighted by atomic mass is 10.1. The van der Waals surface area contributed by atoms with Crippen LogP contribution >= 0.6 is 11.6 Å². The van der Waals surface area contributed by atoms with Crippen molar-refractivity contribution in [1.29, 1.82) is 0 Å². The normalized spacial score (nSPS) is 10.4. The number of carbonyl (C=O) groups excluding carboxylic acids is 1. The van der Waals surface area contributed by atoms with Gasteiger partial charge >= 0.3 is 0 Å². The Hall–Kier alpha value is -3.12. The Morgan fingerprint density at radius 1 is 1.11 bits per heavy atom. The molecule has 0 aliphatic heterocycles. The van der Waals surface area contributed by atoms with Gasteiger partial charge in [0.15, 0.2) is 11.5 Å².